The van der Waals surface area contributed by atoms with E-state index in [1.165, 1.54) is 24.4 Å². The van der Waals surface area contributed by atoms with E-state index in [1.807, 2.05) is 29.7 Å². The highest BCUT2D eigenvalue weighted by Crippen LogP contribution is 2.38. The van der Waals surface area contributed by atoms with Gasteiger partial charge in [0.15, 0.2) is 0 Å². The van der Waals surface area contributed by atoms with Gasteiger partial charge in [-0.25, -0.2) is 0 Å². The van der Waals surface area contributed by atoms with Crippen LogP contribution in [-0.2, 0) is 6.54 Å². The van der Waals surface area contributed by atoms with E-state index < -0.39 is 0 Å². The summed E-state index contributed by atoms with van der Waals surface area (Å²) < 4.78 is 0. The van der Waals surface area contributed by atoms with Gasteiger partial charge in [-0.2, -0.15) is 0 Å². The molecule has 18 heavy (non-hydrogen) atoms. The van der Waals surface area contributed by atoms with Crippen LogP contribution in [0.1, 0.15) is 4.88 Å². The van der Waals surface area contributed by atoms with Gasteiger partial charge in [0.2, 0.25) is 0 Å². The van der Waals surface area contributed by atoms with Gasteiger partial charge >= 0.3 is 0 Å². The Balaban J connectivity index is 1.88. The maximum absolute atomic E-state index is 3.19. The van der Waals surface area contributed by atoms with Gasteiger partial charge in [0.25, 0.3) is 0 Å². The zero-order valence-corrected chi connectivity index (χ0v) is 12.4. The van der Waals surface area contributed by atoms with Crippen LogP contribution < -0.4 is 5.32 Å². The van der Waals surface area contributed by atoms with Crippen LogP contribution in [-0.4, -0.2) is 7.05 Å². The molecule has 0 spiro atoms. The number of hydrogen-bond acceptors (Lipinski definition) is 4. The van der Waals surface area contributed by atoms with E-state index in [2.05, 4.69) is 47.1 Å². The summed E-state index contributed by atoms with van der Waals surface area (Å²) in [5, 5.41) is 5.32. The third-order valence-corrected chi connectivity index (χ3v) is 6.06. The Morgan fingerprint density at radius 2 is 1.61 bits per heavy atom. The molecule has 0 atom stereocenters. The maximum atomic E-state index is 3.19. The molecule has 0 aliphatic carbocycles. The van der Waals surface area contributed by atoms with Crippen molar-refractivity contribution in [2.45, 2.75) is 6.54 Å². The highest BCUT2D eigenvalue weighted by molar-refractivity contribution is 7.26. The molecule has 4 heteroatoms. The minimum Gasteiger partial charge on any atom is -0.315 e. The summed E-state index contributed by atoms with van der Waals surface area (Å²) in [7, 11) is 1.99. The second kappa shape index (κ2) is 5.36. The van der Waals surface area contributed by atoms with Crippen LogP contribution in [0.3, 0.4) is 0 Å². The molecule has 92 valence electrons. The lowest BCUT2D eigenvalue weighted by Crippen LogP contribution is -2.02. The molecule has 3 aromatic rings. The van der Waals surface area contributed by atoms with Gasteiger partial charge in [0, 0.05) is 30.9 Å². The maximum Gasteiger partial charge on any atom is 0.0449 e. The SMILES string of the molecule is CNCc1ccc(-c2ccc(-c3cccs3)s2)s1. The van der Waals surface area contributed by atoms with Gasteiger partial charge in [-0.15, -0.1) is 34.0 Å². The Labute approximate surface area is 119 Å². The van der Waals surface area contributed by atoms with Crippen LogP contribution in [0.15, 0.2) is 41.8 Å². The van der Waals surface area contributed by atoms with Crippen LogP contribution in [0.5, 0.6) is 0 Å². The Kier molecular flexibility index (Phi) is 3.61. The van der Waals surface area contributed by atoms with E-state index in [0.29, 0.717) is 0 Å². The fourth-order valence-corrected chi connectivity index (χ4v) is 4.75. The summed E-state index contributed by atoms with van der Waals surface area (Å²) in [6.07, 6.45) is 0. The molecule has 0 aliphatic heterocycles. The van der Waals surface area contributed by atoms with Crippen LogP contribution >= 0.6 is 34.0 Å². The van der Waals surface area contributed by atoms with Crippen LogP contribution in [0.2, 0.25) is 0 Å². The third kappa shape index (κ3) is 2.42. The zero-order valence-electron chi connectivity index (χ0n) is 9.97. The number of rotatable bonds is 4. The highest BCUT2D eigenvalue weighted by Gasteiger charge is 2.07. The molecular weight excluding hydrogens is 278 g/mol. The average Bonchev–Trinajstić information content (AvgIpc) is 3.10. The zero-order chi connectivity index (χ0) is 12.4. The van der Waals surface area contributed by atoms with E-state index in [-0.39, 0.29) is 0 Å². The Morgan fingerprint density at radius 1 is 0.889 bits per heavy atom. The number of hydrogen-bond donors (Lipinski definition) is 1. The molecule has 1 N–H and O–H groups in total. The molecule has 0 aliphatic rings. The molecule has 3 aromatic heterocycles. The molecule has 0 saturated heterocycles. The largest absolute Gasteiger partial charge is 0.315 e. The Morgan fingerprint density at radius 3 is 2.33 bits per heavy atom. The molecule has 0 saturated carbocycles. The normalized spacial score (nSPS) is 10.9. The smallest absolute Gasteiger partial charge is 0.0449 e. The van der Waals surface area contributed by atoms with Gasteiger partial charge in [0.1, 0.15) is 0 Å². The van der Waals surface area contributed by atoms with E-state index in [0.717, 1.165) is 6.54 Å². The molecule has 0 amide bonds. The summed E-state index contributed by atoms with van der Waals surface area (Å²) >= 11 is 5.55. The topological polar surface area (TPSA) is 12.0 Å². The van der Waals surface area contributed by atoms with Crippen molar-refractivity contribution in [1.29, 1.82) is 0 Å². The average molecular weight is 291 g/mol. The lowest BCUT2D eigenvalue weighted by Gasteiger charge is -1.92. The van der Waals surface area contributed by atoms with Gasteiger partial charge in [-0.05, 0) is 42.8 Å². The molecule has 3 rings (SSSR count). The van der Waals surface area contributed by atoms with Crippen molar-refractivity contribution in [3.63, 3.8) is 0 Å². The van der Waals surface area contributed by atoms with Crippen molar-refractivity contribution in [2.24, 2.45) is 0 Å². The minimum absolute atomic E-state index is 0.952. The summed E-state index contributed by atoms with van der Waals surface area (Å²) in [4.78, 5) is 6.85. The molecule has 0 bridgehead atoms. The lowest BCUT2D eigenvalue weighted by atomic mass is 10.3. The molecule has 0 fully saturated rings. The van der Waals surface area contributed by atoms with Crippen LogP contribution in [0.4, 0.5) is 0 Å². The van der Waals surface area contributed by atoms with Crippen molar-refractivity contribution in [2.75, 3.05) is 7.05 Å². The van der Waals surface area contributed by atoms with Gasteiger partial charge in [0.05, 0.1) is 0 Å². The molecule has 0 unspecified atom stereocenters. The summed E-state index contributed by atoms with van der Waals surface area (Å²) in [5.74, 6) is 0. The predicted octanol–water partition coefficient (Wildman–Crippen LogP) is 4.92. The van der Waals surface area contributed by atoms with E-state index in [9.17, 15) is 0 Å². The Bertz CT molecular complexity index is 619. The first kappa shape index (κ1) is 12.1. The first-order valence-electron chi connectivity index (χ1n) is 5.74. The van der Waals surface area contributed by atoms with E-state index >= 15 is 0 Å². The lowest BCUT2D eigenvalue weighted by molar-refractivity contribution is 0.831. The fraction of sp³-hybridized carbons (Fsp3) is 0.143. The first-order chi connectivity index (χ1) is 8.86. The van der Waals surface area contributed by atoms with Crippen molar-refractivity contribution in [3.05, 3.63) is 46.7 Å². The minimum atomic E-state index is 0.952. The second-order valence-corrected chi connectivity index (χ2v) is 7.14. The predicted molar refractivity (Wildman–Crippen MR) is 83.7 cm³/mol. The van der Waals surface area contributed by atoms with E-state index in [1.54, 1.807) is 11.3 Å². The van der Waals surface area contributed by atoms with Gasteiger partial charge < -0.3 is 5.32 Å². The summed E-state index contributed by atoms with van der Waals surface area (Å²) in [6, 6.07) is 13.2. The highest BCUT2D eigenvalue weighted by atomic mass is 32.1. The summed E-state index contributed by atoms with van der Waals surface area (Å²) in [6.45, 7) is 0.952. The molecule has 3 heterocycles. The second-order valence-electron chi connectivity index (χ2n) is 3.94. The van der Waals surface area contributed by atoms with Crippen molar-refractivity contribution in [1.82, 2.24) is 5.32 Å². The van der Waals surface area contributed by atoms with Gasteiger partial charge in [-0.1, -0.05) is 6.07 Å². The van der Waals surface area contributed by atoms with Crippen molar-refractivity contribution in [3.8, 4) is 19.5 Å². The van der Waals surface area contributed by atoms with Crippen molar-refractivity contribution >= 4 is 34.0 Å². The molecule has 0 aromatic carbocycles. The molecule has 0 radical (unpaired) electrons. The van der Waals surface area contributed by atoms with E-state index in [4.69, 9.17) is 0 Å². The Hall–Kier alpha value is -0.940. The number of thiophene rings is 3. The van der Waals surface area contributed by atoms with Crippen LogP contribution in [0, 0.1) is 0 Å². The molecule has 1 nitrogen and oxygen atoms in total. The first-order valence-corrected chi connectivity index (χ1v) is 8.25. The number of nitrogens with one attached hydrogen (secondary N) is 1. The standard InChI is InChI=1S/C14H13NS3/c1-15-9-10-4-5-13(17-10)14-7-6-12(18-14)11-3-2-8-16-11/h2-8,15H,9H2,1H3. The quantitative estimate of drug-likeness (QED) is 0.719. The summed E-state index contributed by atoms with van der Waals surface area (Å²) in [5.41, 5.74) is 0. The third-order valence-electron chi connectivity index (χ3n) is 2.63. The van der Waals surface area contributed by atoms with Crippen LogP contribution in [0.25, 0.3) is 19.5 Å². The van der Waals surface area contributed by atoms with Gasteiger partial charge in [-0.3, -0.25) is 0 Å². The fourth-order valence-electron chi connectivity index (χ4n) is 1.80. The molecular formula is C14H13NS3. The monoisotopic (exact) mass is 291 g/mol. The van der Waals surface area contributed by atoms with Crippen molar-refractivity contribution < 1.29 is 0 Å².